The minimum atomic E-state index is 0.551. The van der Waals surface area contributed by atoms with Gasteiger partial charge < -0.3 is 10.1 Å². The van der Waals surface area contributed by atoms with E-state index in [1.807, 2.05) is 32.0 Å². The quantitative estimate of drug-likeness (QED) is 0.873. The first kappa shape index (κ1) is 14.2. The maximum atomic E-state index is 5.83. The predicted octanol–water partition coefficient (Wildman–Crippen LogP) is 3.36. The van der Waals surface area contributed by atoms with E-state index in [0.717, 1.165) is 42.5 Å². The molecular weight excluding hydrogens is 252 g/mol. The second-order valence-electron chi connectivity index (χ2n) is 4.48. The molecule has 2 aromatic heterocycles. The lowest BCUT2D eigenvalue weighted by atomic mass is 10.3. The molecule has 0 saturated carbocycles. The summed E-state index contributed by atoms with van der Waals surface area (Å²) in [4.78, 5) is 13.1. The smallest absolute Gasteiger partial charge is 0.224 e. The zero-order valence-corrected chi connectivity index (χ0v) is 12.2. The standard InChI is InChI=1S/C15H20N4O/c1-4-7-13-18-14(16-5-2)10-15(19-13)20-12-8-6-9-17-11(12)3/h6,8-10H,4-5,7H2,1-3H3,(H,16,18,19). The number of ether oxygens (including phenoxy) is 1. The van der Waals surface area contributed by atoms with Crippen LogP contribution in [0, 0.1) is 6.92 Å². The normalized spacial score (nSPS) is 10.3. The zero-order chi connectivity index (χ0) is 14.4. The molecule has 106 valence electrons. The van der Waals surface area contributed by atoms with Gasteiger partial charge in [-0.25, -0.2) is 4.98 Å². The van der Waals surface area contributed by atoms with Crippen molar-refractivity contribution in [3.05, 3.63) is 35.9 Å². The van der Waals surface area contributed by atoms with Crippen LogP contribution in [0.15, 0.2) is 24.4 Å². The second-order valence-corrected chi connectivity index (χ2v) is 4.48. The Kier molecular flexibility index (Phi) is 4.87. The molecule has 2 heterocycles. The molecule has 0 aromatic carbocycles. The number of hydrogen-bond donors (Lipinski definition) is 1. The first-order valence-corrected chi connectivity index (χ1v) is 6.94. The van der Waals surface area contributed by atoms with E-state index in [4.69, 9.17) is 4.74 Å². The summed E-state index contributed by atoms with van der Waals surface area (Å²) >= 11 is 0. The highest BCUT2D eigenvalue weighted by Gasteiger charge is 2.07. The van der Waals surface area contributed by atoms with Crippen LogP contribution in [-0.4, -0.2) is 21.5 Å². The van der Waals surface area contributed by atoms with Gasteiger partial charge in [-0.3, -0.25) is 4.98 Å². The van der Waals surface area contributed by atoms with E-state index in [2.05, 4.69) is 27.2 Å². The van der Waals surface area contributed by atoms with Gasteiger partial charge in [-0.15, -0.1) is 0 Å². The molecule has 1 N–H and O–H groups in total. The molecule has 0 spiro atoms. The fourth-order valence-electron chi connectivity index (χ4n) is 1.82. The average molecular weight is 272 g/mol. The van der Waals surface area contributed by atoms with Crippen molar-refractivity contribution < 1.29 is 4.74 Å². The molecule has 0 aliphatic rings. The predicted molar refractivity (Wildman–Crippen MR) is 79.2 cm³/mol. The maximum Gasteiger partial charge on any atom is 0.224 e. The number of anilines is 1. The van der Waals surface area contributed by atoms with E-state index in [1.165, 1.54) is 0 Å². The van der Waals surface area contributed by atoms with Gasteiger partial charge in [0.25, 0.3) is 0 Å². The molecule has 5 nitrogen and oxygen atoms in total. The van der Waals surface area contributed by atoms with Crippen molar-refractivity contribution >= 4 is 5.82 Å². The van der Waals surface area contributed by atoms with Crippen molar-refractivity contribution in [3.8, 4) is 11.6 Å². The molecule has 2 rings (SSSR count). The number of nitrogens with zero attached hydrogens (tertiary/aromatic N) is 3. The highest BCUT2D eigenvalue weighted by atomic mass is 16.5. The van der Waals surface area contributed by atoms with Gasteiger partial charge in [0.2, 0.25) is 5.88 Å². The van der Waals surface area contributed by atoms with Crippen LogP contribution in [0.3, 0.4) is 0 Å². The Labute approximate surface area is 119 Å². The summed E-state index contributed by atoms with van der Waals surface area (Å²) in [6.07, 6.45) is 3.58. The first-order chi connectivity index (χ1) is 9.72. The van der Waals surface area contributed by atoms with Gasteiger partial charge in [-0.2, -0.15) is 4.98 Å². The van der Waals surface area contributed by atoms with Gasteiger partial charge in [-0.1, -0.05) is 6.92 Å². The van der Waals surface area contributed by atoms with E-state index in [0.29, 0.717) is 5.88 Å². The largest absolute Gasteiger partial charge is 0.437 e. The van der Waals surface area contributed by atoms with Crippen molar-refractivity contribution in [2.24, 2.45) is 0 Å². The molecule has 0 aliphatic heterocycles. The van der Waals surface area contributed by atoms with Crippen LogP contribution in [0.1, 0.15) is 31.8 Å². The van der Waals surface area contributed by atoms with Crippen molar-refractivity contribution in [1.82, 2.24) is 15.0 Å². The van der Waals surface area contributed by atoms with Crippen LogP contribution >= 0.6 is 0 Å². The topological polar surface area (TPSA) is 59.9 Å². The van der Waals surface area contributed by atoms with E-state index in [9.17, 15) is 0 Å². The molecule has 0 radical (unpaired) electrons. The highest BCUT2D eigenvalue weighted by Crippen LogP contribution is 2.23. The number of rotatable bonds is 6. The minimum absolute atomic E-state index is 0.551. The van der Waals surface area contributed by atoms with E-state index in [-0.39, 0.29) is 0 Å². The van der Waals surface area contributed by atoms with Crippen LogP contribution in [0.2, 0.25) is 0 Å². The van der Waals surface area contributed by atoms with Gasteiger partial charge >= 0.3 is 0 Å². The third-order valence-electron chi connectivity index (χ3n) is 2.75. The second kappa shape index (κ2) is 6.84. The lowest BCUT2D eigenvalue weighted by Crippen LogP contribution is -2.05. The number of aryl methyl sites for hydroxylation is 2. The maximum absolute atomic E-state index is 5.83. The van der Waals surface area contributed by atoms with E-state index < -0.39 is 0 Å². The highest BCUT2D eigenvalue weighted by molar-refractivity contribution is 5.40. The molecule has 0 saturated heterocycles. The molecule has 0 unspecified atom stereocenters. The lowest BCUT2D eigenvalue weighted by molar-refractivity contribution is 0.452. The van der Waals surface area contributed by atoms with Crippen molar-refractivity contribution in [3.63, 3.8) is 0 Å². The summed E-state index contributed by atoms with van der Waals surface area (Å²) in [6, 6.07) is 5.55. The van der Waals surface area contributed by atoms with Gasteiger partial charge in [-0.05, 0) is 32.4 Å². The molecule has 0 fully saturated rings. The zero-order valence-electron chi connectivity index (χ0n) is 12.2. The number of aromatic nitrogens is 3. The molecule has 0 aliphatic carbocycles. The summed E-state index contributed by atoms with van der Waals surface area (Å²) in [5, 5.41) is 3.20. The Bertz CT molecular complexity index is 547. The third kappa shape index (κ3) is 3.66. The summed E-state index contributed by atoms with van der Waals surface area (Å²) in [5.41, 5.74) is 0.841. The lowest BCUT2D eigenvalue weighted by Gasteiger charge is -2.10. The summed E-state index contributed by atoms with van der Waals surface area (Å²) in [5.74, 6) is 2.86. The summed E-state index contributed by atoms with van der Waals surface area (Å²) in [6.45, 7) is 6.87. The van der Waals surface area contributed by atoms with Crippen molar-refractivity contribution in [2.45, 2.75) is 33.6 Å². The summed E-state index contributed by atoms with van der Waals surface area (Å²) in [7, 11) is 0. The number of pyridine rings is 1. The average Bonchev–Trinajstić information content (AvgIpc) is 2.42. The third-order valence-corrected chi connectivity index (χ3v) is 2.75. The first-order valence-electron chi connectivity index (χ1n) is 6.94. The van der Waals surface area contributed by atoms with Crippen LogP contribution in [-0.2, 0) is 6.42 Å². The summed E-state index contributed by atoms with van der Waals surface area (Å²) < 4.78 is 5.83. The fraction of sp³-hybridized carbons (Fsp3) is 0.400. The molecule has 2 aromatic rings. The minimum Gasteiger partial charge on any atom is -0.437 e. The van der Waals surface area contributed by atoms with Crippen molar-refractivity contribution in [1.29, 1.82) is 0 Å². The Morgan fingerprint density at radius 2 is 2.10 bits per heavy atom. The number of nitrogens with one attached hydrogen (secondary N) is 1. The van der Waals surface area contributed by atoms with Crippen LogP contribution in [0.25, 0.3) is 0 Å². The van der Waals surface area contributed by atoms with Crippen molar-refractivity contribution in [2.75, 3.05) is 11.9 Å². The molecule has 0 bridgehead atoms. The van der Waals surface area contributed by atoms with Gasteiger partial charge in [0.1, 0.15) is 11.6 Å². The van der Waals surface area contributed by atoms with Gasteiger partial charge in [0.05, 0.1) is 5.69 Å². The Morgan fingerprint density at radius 1 is 1.25 bits per heavy atom. The van der Waals surface area contributed by atoms with E-state index in [1.54, 1.807) is 6.20 Å². The van der Waals surface area contributed by atoms with E-state index >= 15 is 0 Å². The van der Waals surface area contributed by atoms with Crippen LogP contribution in [0.5, 0.6) is 11.6 Å². The van der Waals surface area contributed by atoms with Gasteiger partial charge in [0, 0.05) is 25.2 Å². The SMILES string of the molecule is CCCc1nc(NCC)cc(Oc2cccnc2C)n1. The fourth-order valence-corrected chi connectivity index (χ4v) is 1.82. The molecular formula is C15H20N4O. The molecule has 5 heteroatoms. The monoisotopic (exact) mass is 272 g/mol. The van der Waals surface area contributed by atoms with Gasteiger partial charge in [0.15, 0.2) is 5.75 Å². The van der Waals surface area contributed by atoms with Crippen LogP contribution < -0.4 is 10.1 Å². The molecule has 20 heavy (non-hydrogen) atoms. The molecule has 0 amide bonds. The Morgan fingerprint density at radius 3 is 2.80 bits per heavy atom. The number of hydrogen-bond acceptors (Lipinski definition) is 5. The molecule has 0 atom stereocenters. The van der Waals surface area contributed by atoms with Crippen LogP contribution in [0.4, 0.5) is 5.82 Å². The Balaban J connectivity index is 2.28. The Hall–Kier alpha value is -2.17.